The molecule has 7 nitrogen and oxygen atoms in total. The molecule has 1 aromatic heterocycles. The van der Waals surface area contributed by atoms with E-state index in [0.717, 1.165) is 0 Å². The van der Waals surface area contributed by atoms with Crippen molar-refractivity contribution in [2.45, 2.75) is 18.5 Å². The molecule has 3 aliphatic heterocycles. The number of para-hydroxylation sites is 1. The summed E-state index contributed by atoms with van der Waals surface area (Å²) in [6, 6.07) is -10.4. The van der Waals surface area contributed by atoms with Gasteiger partial charge in [0.2, 0.25) is 18.6 Å². The van der Waals surface area contributed by atoms with Crippen molar-refractivity contribution in [2.75, 3.05) is 20.2 Å². The van der Waals surface area contributed by atoms with E-state index in [9.17, 15) is 9.59 Å². The minimum absolute atomic E-state index is 0.292. The van der Waals surface area contributed by atoms with Crippen molar-refractivity contribution in [3.05, 3.63) is 59.1 Å². The largest absolute Gasteiger partial charge is 0.454 e. The van der Waals surface area contributed by atoms with Gasteiger partial charge in [0.05, 0.1) is 24.9 Å². The van der Waals surface area contributed by atoms with Gasteiger partial charge in [-0.25, -0.2) is 0 Å². The molecule has 1 N–H and O–H groups in total. The van der Waals surface area contributed by atoms with Gasteiger partial charge in [-0.05, 0) is 29.3 Å². The Bertz CT molecular complexity index is 1890. The normalized spacial score (nSPS) is 36.4. The second-order valence-electron chi connectivity index (χ2n) is 6.35. The molecule has 4 heterocycles. The summed E-state index contributed by atoms with van der Waals surface area (Å²) in [5, 5.41) is -0.499. The molecule has 1 fully saturated rings. The van der Waals surface area contributed by atoms with Gasteiger partial charge in [-0.1, -0.05) is 24.2 Å². The first-order chi connectivity index (χ1) is 20.5. The van der Waals surface area contributed by atoms with Gasteiger partial charge in [-0.2, -0.15) is 0 Å². The molecule has 1 saturated heterocycles. The Kier molecular flexibility index (Phi) is 1.41. The van der Waals surface area contributed by atoms with E-state index in [-0.39, 0.29) is 0 Å². The van der Waals surface area contributed by atoms with E-state index in [2.05, 4.69) is 4.98 Å². The maximum Gasteiger partial charge on any atom is 0.245 e. The van der Waals surface area contributed by atoms with Gasteiger partial charge >= 0.3 is 0 Å². The molecule has 0 radical (unpaired) electrons. The van der Waals surface area contributed by atoms with Crippen LogP contribution in [0.5, 0.6) is 11.5 Å². The van der Waals surface area contributed by atoms with E-state index in [1.807, 2.05) is 0 Å². The van der Waals surface area contributed by atoms with Crippen LogP contribution in [0.1, 0.15) is 44.8 Å². The number of amides is 2. The molecule has 3 aromatic rings. The molecular weight excluding hydrogens is 370 g/mol. The lowest BCUT2D eigenvalue weighted by atomic mass is 9.86. The molecule has 2 atom stereocenters. The van der Waals surface area contributed by atoms with Crippen molar-refractivity contribution in [2.24, 2.45) is 0 Å². The third-order valence-corrected chi connectivity index (χ3v) is 4.80. The number of carbonyl (C=O) groups is 2. The zero-order chi connectivity index (χ0) is 33.7. The molecule has 29 heavy (non-hydrogen) atoms. The summed E-state index contributed by atoms with van der Waals surface area (Å²) < 4.78 is 143. The fourth-order valence-corrected chi connectivity index (χ4v) is 3.58. The summed E-state index contributed by atoms with van der Waals surface area (Å²) in [7, 11) is 0. The number of fused-ring (bicyclic) bond motifs is 5. The van der Waals surface area contributed by atoms with Crippen molar-refractivity contribution in [1.82, 2.24) is 14.8 Å². The highest BCUT2D eigenvalue weighted by atomic mass is 16.7. The van der Waals surface area contributed by atoms with Crippen LogP contribution in [0.4, 0.5) is 0 Å². The summed E-state index contributed by atoms with van der Waals surface area (Å²) in [6.45, 7) is -10.2. The standard InChI is InChI=1S/C22H19N3O4/c1-24-10-19(26)25-16(22(24)27)9-14-13-4-2-3-5-15(13)23-20(14)21(25)12-6-7-17-18(8-12)29-11-28-17/h2-8,16,21,23H,9-11H2,1H3/t16-,21?/m1/s1/i1D3,2D,3D,4D,5D,6D,7D,8D,9D2,10D2,11D2. The Hall–Kier alpha value is -3.48. The number of benzene rings is 2. The lowest BCUT2D eigenvalue weighted by Crippen LogP contribution is -2.62. The minimum Gasteiger partial charge on any atom is -0.454 e. The number of nitrogens with one attached hydrogen (secondary N) is 1. The number of likely N-dealkylation sites (N-methyl/N-ethyl adjacent to an activating group) is 1. The van der Waals surface area contributed by atoms with Crippen molar-refractivity contribution >= 4 is 22.7 Å². The van der Waals surface area contributed by atoms with Crippen molar-refractivity contribution in [1.29, 1.82) is 0 Å². The maximum absolute atomic E-state index is 14.0. The number of hydrogen-bond acceptors (Lipinski definition) is 4. The average Bonchev–Trinajstić information content (AvgIpc) is 3.47. The van der Waals surface area contributed by atoms with Gasteiger partial charge in [-0.15, -0.1) is 0 Å². The monoisotopic (exact) mass is 405 g/mol. The van der Waals surface area contributed by atoms with Crippen LogP contribution in [0.3, 0.4) is 0 Å². The van der Waals surface area contributed by atoms with E-state index in [4.69, 9.17) is 31.4 Å². The lowest BCUT2D eigenvalue weighted by Gasteiger charge is -2.46. The quantitative estimate of drug-likeness (QED) is 0.674. The fraction of sp³-hybridized carbons (Fsp3) is 0.273. The Morgan fingerprint density at radius 1 is 1.21 bits per heavy atom. The molecule has 7 heteroatoms. The van der Waals surface area contributed by atoms with Crippen LogP contribution in [0.25, 0.3) is 10.9 Å². The van der Waals surface area contributed by atoms with Crippen LogP contribution in [-0.2, 0) is 16.0 Å². The average molecular weight is 406 g/mol. The molecule has 0 saturated carbocycles. The van der Waals surface area contributed by atoms with Gasteiger partial charge < -0.3 is 24.3 Å². The van der Waals surface area contributed by atoms with Crippen molar-refractivity contribution in [3.63, 3.8) is 0 Å². The van der Waals surface area contributed by atoms with Crippen LogP contribution < -0.4 is 9.47 Å². The molecule has 0 spiro atoms. The summed E-state index contributed by atoms with van der Waals surface area (Å²) >= 11 is 0. The maximum atomic E-state index is 14.0. The van der Waals surface area contributed by atoms with Gasteiger partial charge in [0.15, 0.2) is 11.5 Å². The molecule has 1 unspecified atom stereocenters. The van der Waals surface area contributed by atoms with Gasteiger partial charge in [0.1, 0.15) is 8.78 Å². The van der Waals surface area contributed by atoms with Gasteiger partial charge in [0.25, 0.3) is 0 Å². The smallest absolute Gasteiger partial charge is 0.245 e. The number of rotatable bonds is 1. The fourth-order valence-electron chi connectivity index (χ4n) is 3.58. The highest BCUT2D eigenvalue weighted by Gasteiger charge is 2.47. The third kappa shape index (κ3) is 2.24. The molecule has 2 aromatic carbocycles. The number of hydrogen-bond donors (Lipinski definition) is 1. The molecule has 0 aliphatic carbocycles. The van der Waals surface area contributed by atoms with E-state index in [1.165, 1.54) is 0 Å². The zero-order valence-electron chi connectivity index (χ0n) is 30.2. The second kappa shape index (κ2) is 5.76. The van der Waals surface area contributed by atoms with Crippen LogP contribution in [0.15, 0.2) is 42.3 Å². The van der Waals surface area contributed by atoms with Crippen LogP contribution >= 0.6 is 0 Å². The van der Waals surface area contributed by atoms with E-state index in [0.29, 0.717) is 4.90 Å². The zero-order valence-corrected chi connectivity index (χ0v) is 14.2. The number of aromatic nitrogens is 1. The minimum atomic E-state index is -3.65. The predicted octanol–water partition coefficient (Wildman–Crippen LogP) is 2.21. The SMILES string of the molecule is [2H]c1c([2H])c(C2c3[nH]c4c([2H])c([2H])c([2H])c([2H])c4c3C([2H])([2H])[C@@H]3C(=O)N(C([2H])([2H])[2H])C([2H])([2H])C(=O)N23)c([2H])c2c1OC([2H])([2H])O2. The van der Waals surface area contributed by atoms with Crippen molar-refractivity contribution in [3.8, 4) is 11.5 Å². The highest BCUT2D eigenvalue weighted by Crippen LogP contribution is 2.44. The summed E-state index contributed by atoms with van der Waals surface area (Å²) in [4.78, 5) is 30.4. The number of ether oxygens (including phenoxy) is 2. The van der Waals surface area contributed by atoms with Crippen LogP contribution in [0.2, 0.25) is 0 Å². The molecule has 0 bridgehead atoms. The third-order valence-electron chi connectivity index (χ3n) is 4.80. The first-order valence-electron chi connectivity index (χ1n) is 16.3. The summed E-state index contributed by atoms with van der Waals surface area (Å²) in [6.07, 6.45) is -3.18. The van der Waals surface area contributed by atoms with Crippen LogP contribution in [-0.4, -0.2) is 52.9 Å². The summed E-state index contributed by atoms with van der Waals surface area (Å²) in [5.74, 6) is -4.93. The predicted molar refractivity (Wildman–Crippen MR) is 105 cm³/mol. The first kappa shape index (κ1) is 7.09. The molecular formula is C22H19N3O4. The van der Waals surface area contributed by atoms with Crippen molar-refractivity contribution < 1.29 is 41.0 Å². The molecule has 6 rings (SSSR count). The van der Waals surface area contributed by atoms with E-state index < -0.39 is 137 Å². The number of nitrogens with zero attached hydrogens (tertiary/aromatic N) is 2. The lowest BCUT2D eigenvalue weighted by molar-refractivity contribution is -0.157. The Morgan fingerprint density at radius 2 is 2.07 bits per heavy atom. The highest BCUT2D eigenvalue weighted by molar-refractivity contribution is 5.97. The first-order valence-corrected chi connectivity index (χ1v) is 8.29. The van der Waals surface area contributed by atoms with Gasteiger partial charge in [0, 0.05) is 36.8 Å². The number of carbonyl (C=O) groups excluding carboxylic acids is 2. The Labute approximate surface area is 189 Å². The van der Waals surface area contributed by atoms with E-state index >= 15 is 0 Å². The topological polar surface area (TPSA) is 74.9 Å². The van der Waals surface area contributed by atoms with E-state index in [1.54, 1.807) is 0 Å². The number of H-pyrrole nitrogens is 1. The van der Waals surface area contributed by atoms with Gasteiger partial charge in [-0.3, -0.25) is 9.59 Å². The Balaban J connectivity index is 1.79. The number of piperazine rings is 1. The molecule has 146 valence electrons. The second-order valence-corrected chi connectivity index (χ2v) is 6.35. The number of aromatic amines is 1. The summed E-state index contributed by atoms with van der Waals surface area (Å²) in [5.41, 5.74) is -2.33. The molecule has 3 aliphatic rings. The van der Waals surface area contributed by atoms with Crippen LogP contribution in [0, 0.1) is 0 Å². The Morgan fingerprint density at radius 3 is 2.97 bits per heavy atom. The molecule has 2 amide bonds.